The number of hydrogen-bond donors (Lipinski definition) is 2. The third-order valence-corrected chi connectivity index (χ3v) is 6.05. The molecule has 0 atom stereocenters. The number of carbonyl (C=O) groups excluding carboxylic acids is 2. The summed E-state index contributed by atoms with van der Waals surface area (Å²) in [5.74, 6) is 0.413. The van der Waals surface area contributed by atoms with Crippen molar-refractivity contribution in [3.05, 3.63) is 95.2 Å². The van der Waals surface area contributed by atoms with Crippen molar-refractivity contribution in [3.63, 3.8) is 0 Å². The van der Waals surface area contributed by atoms with E-state index in [1.165, 1.54) is 5.56 Å². The molecule has 0 bridgehead atoms. The Kier molecular flexibility index (Phi) is 7.90. The summed E-state index contributed by atoms with van der Waals surface area (Å²) in [6.45, 7) is 5.11. The minimum Gasteiger partial charge on any atom is -0.497 e. The number of H-pyrrole nitrogens is 1. The van der Waals surface area contributed by atoms with Crippen LogP contribution in [0.5, 0.6) is 5.75 Å². The Balaban J connectivity index is 1.50. The molecule has 36 heavy (non-hydrogen) atoms. The number of nitrogens with zero attached hydrogens (tertiary/aromatic N) is 1. The summed E-state index contributed by atoms with van der Waals surface area (Å²) in [7, 11) is 1.65. The summed E-state index contributed by atoms with van der Waals surface area (Å²) in [5, 5.41) is 4.05. The Hall–Kier alpha value is -4.26. The van der Waals surface area contributed by atoms with E-state index in [0.29, 0.717) is 37.4 Å². The van der Waals surface area contributed by atoms with E-state index in [1.807, 2.05) is 55.6 Å². The fourth-order valence-corrected chi connectivity index (χ4v) is 4.02. The van der Waals surface area contributed by atoms with Crippen molar-refractivity contribution in [1.29, 1.82) is 0 Å². The lowest BCUT2D eigenvalue weighted by Crippen LogP contribution is -2.36. The topological polar surface area (TPSA) is 83.7 Å². The third-order valence-electron chi connectivity index (χ3n) is 6.05. The zero-order chi connectivity index (χ0) is 25.5. The van der Waals surface area contributed by atoms with Crippen molar-refractivity contribution in [1.82, 2.24) is 9.88 Å². The minimum absolute atomic E-state index is 0.211. The predicted molar refractivity (Wildman–Crippen MR) is 142 cm³/mol. The zero-order valence-electron chi connectivity index (χ0n) is 20.8. The molecule has 0 aliphatic heterocycles. The summed E-state index contributed by atoms with van der Waals surface area (Å²) < 4.78 is 10.4. The molecule has 2 N–H and O–H groups in total. The second-order valence-electron chi connectivity index (χ2n) is 8.61. The molecule has 4 rings (SSSR count). The van der Waals surface area contributed by atoms with Crippen LogP contribution in [0.4, 0.5) is 10.5 Å². The second kappa shape index (κ2) is 11.4. The number of rotatable bonds is 9. The normalized spacial score (nSPS) is 10.8. The highest BCUT2D eigenvalue weighted by Gasteiger charge is 2.16. The van der Waals surface area contributed by atoms with E-state index in [2.05, 4.69) is 10.3 Å². The molecule has 3 aromatic carbocycles. The average Bonchev–Trinajstić information content (AvgIpc) is 3.30. The summed E-state index contributed by atoms with van der Waals surface area (Å²) in [5.41, 5.74) is 5.42. The first-order valence-corrected chi connectivity index (χ1v) is 12.0. The molecule has 2 amide bonds. The molecule has 0 aliphatic carbocycles. The summed E-state index contributed by atoms with van der Waals surface area (Å²) in [6, 6.07) is 20.6. The lowest BCUT2D eigenvalue weighted by Gasteiger charge is -2.23. The van der Waals surface area contributed by atoms with Crippen LogP contribution in [0, 0.1) is 6.92 Å². The number of nitrogens with one attached hydrogen (secondary N) is 2. The molecule has 0 saturated heterocycles. The highest BCUT2D eigenvalue weighted by Crippen LogP contribution is 2.24. The maximum atomic E-state index is 13.3. The van der Waals surface area contributed by atoms with Crippen molar-refractivity contribution >= 4 is 28.6 Å². The van der Waals surface area contributed by atoms with Crippen molar-refractivity contribution in [3.8, 4) is 5.75 Å². The highest BCUT2D eigenvalue weighted by molar-refractivity contribution is 5.92. The van der Waals surface area contributed by atoms with Gasteiger partial charge in [0.1, 0.15) is 5.75 Å². The fraction of sp³-hybridized carbons (Fsp3) is 0.241. The van der Waals surface area contributed by atoms with E-state index >= 15 is 0 Å². The summed E-state index contributed by atoms with van der Waals surface area (Å²) in [4.78, 5) is 30.3. The Labute approximate surface area is 211 Å². The van der Waals surface area contributed by atoms with Crippen LogP contribution in [0.3, 0.4) is 0 Å². The van der Waals surface area contributed by atoms with Gasteiger partial charge in [-0.25, -0.2) is 9.59 Å². The van der Waals surface area contributed by atoms with Crippen molar-refractivity contribution in [2.24, 2.45) is 0 Å². The molecule has 0 unspecified atom stereocenters. The number of ether oxygens (including phenoxy) is 2. The molecule has 0 radical (unpaired) electrons. The number of amides is 2. The first-order chi connectivity index (χ1) is 17.5. The number of esters is 1. The molecule has 0 fully saturated rings. The monoisotopic (exact) mass is 485 g/mol. The van der Waals surface area contributed by atoms with Crippen LogP contribution in [0.25, 0.3) is 10.9 Å². The van der Waals surface area contributed by atoms with Crippen LogP contribution in [0.2, 0.25) is 0 Å². The molecule has 7 nitrogen and oxygen atoms in total. The number of aromatic amines is 1. The maximum absolute atomic E-state index is 13.3. The van der Waals surface area contributed by atoms with Gasteiger partial charge in [-0.3, -0.25) is 0 Å². The Bertz CT molecular complexity index is 1330. The average molecular weight is 486 g/mol. The van der Waals surface area contributed by atoms with Gasteiger partial charge < -0.3 is 24.7 Å². The van der Waals surface area contributed by atoms with E-state index in [0.717, 1.165) is 27.8 Å². The Morgan fingerprint density at radius 3 is 2.44 bits per heavy atom. The molecular weight excluding hydrogens is 454 g/mol. The molecule has 0 aliphatic rings. The molecule has 1 aromatic heterocycles. The first-order valence-electron chi connectivity index (χ1n) is 12.0. The van der Waals surface area contributed by atoms with E-state index in [1.54, 1.807) is 43.2 Å². The number of methoxy groups -OCH3 is 1. The van der Waals surface area contributed by atoms with Gasteiger partial charge in [-0.05, 0) is 73.9 Å². The van der Waals surface area contributed by atoms with Crippen LogP contribution in [-0.4, -0.2) is 42.1 Å². The second-order valence-corrected chi connectivity index (χ2v) is 8.61. The number of aryl methyl sites for hydroxylation is 1. The predicted octanol–water partition coefficient (Wildman–Crippen LogP) is 5.94. The SMILES string of the molecule is CCOC(=O)c1ccc(NC(=O)N(CCc2c[nH]c3ccc(OC)cc23)Cc2ccc(C)cc2)cc1. The van der Waals surface area contributed by atoms with Gasteiger partial charge in [0.25, 0.3) is 0 Å². The Morgan fingerprint density at radius 2 is 1.75 bits per heavy atom. The lowest BCUT2D eigenvalue weighted by atomic mass is 10.1. The standard InChI is InChI=1S/C29H31N3O4/c1-4-36-28(33)22-9-11-24(12-10-22)31-29(34)32(19-21-7-5-20(2)6-8-21)16-15-23-18-30-27-14-13-25(35-3)17-26(23)27/h5-14,17-18,30H,4,15-16,19H2,1-3H3,(H,31,34). The van der Waals surface area contributed by atoms with Crippen molar-refractivity contribution in [2.75, 3.05) is 25.6 Å². The fourth-order valence-electron chi connectivity index (χ4n) is 4.02. The van der Waals surface area contributed by atoms with E-state index in [9.17, 15) is 9.59 Å². The van der Waals surface area contributed by atoms with Gasteiger partial charge in [0, 0.05) is 35.9 Å². The quantitative estimate of drug-likeness (QED) is 0.288. The maximum Gasteiger partial charge on any atom is 0.338 e. The summed E-state index contributed by atoms with van der Waals surface area (Å²) in [6.07, 6.45) is 2.66. The van der Waals surface area contributed by atoms with Gasteiger partial charge in [0.05, 0.1) is 19.3 Å². The van der Waals surface area contributed by atoms with Gasteiger partial charge in [-0.1, -0.05) is 29.8 Å². The molecule has 7 heteroatoms. The lowest BCUT2D eigenvalue weighted by molar-refractivity contribution is 0.0526. The molecular formula is C29H31N3O4. The van der Waals surface area contributed by atoms with Gasteiger partial charge in [-0.15, -0.1) is 0 Å². The largest absolute Gasteiger partial charge is 0.497 e. The van der Waals surface area contributed by atoms with Crippen LogP contribution in [-0.2, 0) is 17.7 Å². The number of fused-ring (bicyclic) bond motifs is 1. The van der Waals surface area contributed by atoms with Gasteiger partial charge >= 0.3 is 12.0 Å². The number of carbonyl (C=O) groups is 2. The van der Waals surface area contributed by atoms with E-state index < -0.39 is 0 Å². The van der Waals surface area contributed by atoms with Crippen LogP contribution in [0.1, 0.15) is 34.0 Å². The molecule has 4 aromatic rings. The van der Waals surface area contributed by atoms with Crippen LogP contribution in [0.15, 0.2) is 72.9 Å². The molecule has 0 spiro atoms. The van der Waals surface area contributed by atoms with E-state index in [-0.39, 0.29) is 12.0 Å². The highest BCUT2D eigenvalue weighted by atomic mass is 16.5. The number of aromatic nitrogens is 1. The van der Waals surface area contributed by atoms with Crippen molar-refractivity contribution in [2.45, 2.75) is 26.8 Å². The minimum atomic E-state index is -0.383. The van der Waals surface area contributed by atoms with Crippen LogP contribution >= 0.6 is 0 Å². The van der Waals surface area contributed by atoms with Gasteiger partial charge in [-0.2, -0.15) is 0 Å². The number of hydrogen-bond acceptors (Lipinski definition) is 4. The number of urea groups is 1. The van der Waals surface area contributed by atoms with Gasteiger partial charge in [0.15, 0.2) is 0 Å². The van der Waals surface area contributed by atoms with Gasteiger partial charge in [0.2, 0.25) is 0 Å². The zero-order valence-corrected chi connectivity index (χ0v) is 20.8. The van der Waals surface area contributed by atoms with Crippen LogP contribution < -0.4 is 10.1 Å². The number of benzene rings is 3. The summed E-state index contributed by atoms with van der Waals surface area (Å²) >= 11 is 0. The smallest absolute Gasteiger partial charge is 0.338 e. The number of anilines is 1. The third kappa shape index (κ3) is 6.05. The molecule has 0 saturated carbocycles. The molecule has 1 heterocycles. The molecule has 186 valence electrons. The Morgan fingerprint density at radius 1 is 1.00 bits per heavy atom. The van der Waals surface area contributed by atoms with Crippen molar-refractivity contribution < 1.29 is 19.1 Å². The van der Waals surface area contributed by atoms with E-state index in [4.69, 9.17) is 9.47 Å². The first kappa shape index (κ1) is 24.9.